The molecule has 100 valence electrons. The maximum Gasteiger partial charge on any atom is 0.336 e. The molecular formula is C14H15NO4. The Hall–Kier alpha value is -1.95. The highest BCUT2D eigenvalue weighted by Gasteiger charge is 2.20. The molecular weight excluding hydrogens is 246 g/mol. The molecule has 0 bridgehead atoms. The molecule has 0 heterocycles. The Labute approximate surface area is 109 Å². The van der Waals surface area contributed by atoms with Crippen LogP contribution in [0.25, 0.3) is 10.8 Å². The van der Waals surface area contributed by atoms with Crippen LogP contribution in [-0.2, 0) is 0 Å². The van der Waals surface area contributed by atoms with Gasteiger partial charge in [-0.05, 0) is 22.4 Å². The topological polar surface area (TPSA) is 104 Å². The average molecular weight is 261 g/mol. The van der Waals surface area contributed by atoms with Gasteiger partial charge in [0.2, 0.25) is 0 Å². The average Bonchev–Trinajstić information content (AvgIpc) is 2.44. The summed E-state index contributed by atoms with van der Waals surface area (Å²) in [5.41, 5.74) is 5.96. The summed E-state index contributed by atoms with van der Waals surface area (Å²) in [6.45, 7) is -0.0732. The van der Waals surface area contributed by atoms with E-state index in [0.717, 1.165) is 0 Å². The lowest BCUT2D eigenvalue weighted by molar-refractivity contribution is 0.0252. The third kappa shape index (κ3) is 2.44. The van der Waals surface area contributed by atoms with Crippen molar-refractivity contribution in [1.29, 1.82) is 0 Å². The number of aliphatic hydroxyl groups is 2. The van der Waals surface area contributed by atoms with Gasteiger partial charge in [0, 0.05) is 6.54 Å². The molecule has 0 radical (unpaired) electrons. The van der Waals surface area contributed by atoms with Crippen molar-refractivity contribution < 1.29 is 20.1 Å². The van der Waals surface area contributed by atoms with Gasteiger partial charge in [0.1, 0.15) is 6.10 Å². The number of hydrogen-bond acceptors (Lipinski definition) is 4. The van der Waals surface area contributed by atoms with Crippen LogP contribution in [0.1, 0.15) is 22.0 Å². The van der Waals surface area contributed by atoms with E-state index in [2.05, 4.69) is 0 Å². The Morgan fingerprint density at radius 1 is 1.11 bits per heavy atom. The van der Waals surface area contributed by atoms with Gasteiger partial charge in [-0.15, -0.1) is 0 Å². The first-order valence-electron chi connectivity index (χ1n) is 5.87. The maximum atomic E-state index is 11.2. The zero-order chi connectivity index (χ0) is 14.0. The fourth-order valence-corrected chi connectivity index (χ4v) is 2.11. The second-order valence-electron chi connectivity index (χ2n) is 4.30. The highest BCUT2D eigenvalue weighted by molar-refractivity contribution is 6.04. The van der Waals surface area contributed by atoms with Gasteiger partial charge in [-0.25, -0.2) is 4.79 Å². The first-order chi connectivity index (χ1) is 9.06. The molecule has 0 aromatic heterocycles. The molecule has 5 N–H and O–H groups in total. The van der Waals surface area contributed by atoms with Crippen LogP contribution in [0.4, 0.5) is 0 Å². The quantitative estimate of drug-likeness (QED) is 0.654. The third-order valence-corrected chi connectivity index (χ3v) is 3.11. The number of hydrogen-bond donors (Lipinski definition) is 4. The van der Waals surface area contributed by atoms with Crippen LogP contribution in [0.2, 0.25) is 0 Å². The fraction of sp³-hybridized carbons (Fsp3) is 0.214. The molecule has 2 atom stereocenters. The molecule has 2 rings (SSSR count). The number of carboxylic acid groups (broad SMARTS) is 1. The van der Waals surface area contributed by atoms with E-state index in [4.69, 9.17) is 10.8 Å². The summed E-state index contributed by atoms with van der Waals surface area (Å²) >= 11 is 0. The number of nitrogens with two attached hydrogens (primary N) is 1. The van der Waals surface area contributed by atoms with E-state index in [1.807, 2.05) is 0 Å². The van der Waals surface area contributed by atoms with Crippen molar-refractivity contribution >= 4 is 16.7 Å². The number of aliphatic hydroxyl groups excluding tert-OH is 2. The van der Waals surface area contributed by atoms with E-state index < -0.39 is 18.2 Å². The Balaban J connectivity index is 2.64. The minimum Gasteiger partial charge on any atom is -0.478 e. The zero-order valence-electron chi connectivity index (χ0n) is 10.2. The van der Waals surface area contributed by atoms with Gasteiger partial charge in [0.25, 0.3) is 0 Å². The molecule has 2 unspecified atom stereocenters. The molecule has 0 fully saturated rings. The smallest absolute Gasteiger partial charge is 0.336 e. The number of fused-ring (bicyclic) bond motifs is 1. The van der Waals surface area contributed by atoms with Gasteiger partial charge >= 0.3 is 5.97 Å². The summed E-state index contributed by atoms with van der Waals surface area (Å²) in [7, 11) is 0. The number of carbonyl (C=O) groups is 1. The predicted octanol–water partition coefficient (Wildman–Crippen LogP) is 0.891. The van der Waals surface area contributed by atoms with Crippen LogP contribution in [0.15, 0.2) is 36.4 Å². The van der Waals surface area contributed by atoms with E-state index in [-0.39, 0.29) is 12.1 Å². The normalized spacial score (nSPS) is 14.3. The highest BCUT2D eigenvalue weighted by atomic mass is 16.4. The minimum atomic E-state index is -1.14. The van der Waals surface area contributed by atoms with Crippen LogP contribution in [-0.4, -0.2) is 33.9 Å². The molecule has 0 spiro atoms. The van der Waals surface area contributed by atoms with Gasteiger partial charge in [0.15, 0.2) is 0 Å². The van der Waals surface area contributed by atoms with Gasteiger partial charge in [0.05, 0.1) is 11.7 Å². The molecule has 0 saturated carbocycles. The van der Waals surface area contributed by atoms with Crippen LogP contribution >= 0.6 is 0 Å². The Morgan fingerprint density at radius 3 is 2.37 bits per heavy atom. The number of rotatable bonds is 4. The van der Waals surface area contributed by atoms with Crippen LogP contribution in [0.3, 0.4) is 0 Å². The van der Waals surface area contributed by atoms with Crippen molar-refractivity contribution in [3.05, 3.63) is 47.5 Å². The van der Waals surface area contributed by atoms with Gasteiger partial charge in [-0.1, -0.05) is 30.3 Å². The lowest BCUT2D eigenvalue weighted by Crippen LogP contribution is -2.27. The van der Waals surface area contributed by atoms with Crippen molar-refractivity contribution in [2.75, 3.05) is 6.54 Å². The molecule has 0 aliphatic rings. The molecule has 19 heavy (non-hydrogen) atoms. The Morgan fingerprint density at radius 2 is 1.74 bits per heavy atom. The lowest BCUT2D eigenvalue weighted by Gasteiger charge is -2.18. The van der Waals surface area contributed by atoms with Crippen LogP contribution < -0.4 is 5.73 Å². The van der Waals surface area contributed by atoms with E-state index in [0.29, 0.717) is 16.3 Å². The molecule has 5 nitrogen and oxygen atoms in total. The molecule has 2 aromatic carbocycles. The van der Waals surface area contributed by atoms with Gasteiger partial charge in [-0.2, -0.15) is 0 Å². The van der Waals surface area contributed by atoms with E-state index in [9.17, 15) is 15.0 Å². The van der Waals surface area contributed by atoms with Crippen molar-refractivity contribution in [2.45, 2.75) is 12.2 Å². The van der Waals surface area contributed by atoms with Crippen molar-refractivity contribution in [2.24, 2.45) is 5.73 Å². The van der Waals surface area contributed by atoms with Gasteiger partial charge in [-0.3, -0.25) is 0 Å². The van der Waals surface area contributed by atoms with E-state index in [1.54, 1.807) is 30.3 Å². The number of benzene rings is 2. The number of carboxylic acids is 1. The van der Waals surface area contributed by atoms with Crippen molar-refractivity contribution in [3.63, 3.8) is 0 Å². The second kappa shape index (κ2) is 5.36. The summed E-state index contributed by atoms with van der Waals surface area (Å²) in [5.74, 6) is -1.03. The second-order valence-corrected chi connectivity index (χ2v) is 4.30. The summed E-state index contributed by atoms with van der Waals surface area (Å²) in [5, 5.41) is 29.9. The number of aromatic carboxylic acids is 1. The Kier molecular flexibility index (Phi) is 3.80. The summed E-state index contributed by atoms with van der Waals surface area (Å²) in [4.78, 5) is 11.2. The van der Waals surface area contributed by atoms with E-state index >= 15 is 0 Å². The van der Waals surface area contributed by atoms with Gasteiger partial charge < -0.3 is 21.1 Å². The summed E-state index contributed by atoms with van der Waals surface area (Å²) in [6.07, 6.45) is -2.23. The standard InChI is InChI=1S/C14H15NO4/c15-7-12(16)13(17)10-5-1-4-9-8(10)3-2-6-11(9)14(18)19/h1-6,12-13,16-17H,7,15H2,(H,18,19). The zero-order valence-corrected chi connectivity index (χ0v) is 10.2. The maximum absolute atomic E-state index is 11.2. The minimum absolute atomic E-state index is 0.0732. The van der Waals surface area contributed by atoms with E-state index in [1.165, 1.54) is 6.07 Å². The van der Waals surface area contributed by atoms with Crippen molar-refractivity contribution in [1.82, 2.24) is 0 Å². The monoisotopic (exact) mass is 261 g/mol. The van der Waals surface area contributed by atoms with Crippen molar-refractivity contribution in [3.8, 4) is 0 Å². The van der Waals surface area contributed by atoms with Crippen LogP contribution in [0, 0.1) is 0 Å². The van der Waals surface area contributed by atoms with Crippen LogP contribution in [0.5, 0.6) is 0 Å². The SMILES string of the molecule is NCC(O)C(O)c1cccc2c(C(=O)O)cccc12. The molecule has 0 saturated heterocycles. The third-order valence-electron chi connectivity index (χ3n) is 3.11. The first kappa shape index (κ1) is 13.5. The predicted molar refractivity (Wildman–Crippen MR) is 70.9 cm³/mol. The Bertz CT molecular complexity index is 611. The molecule has 2 aromatic rings. The molecule has 0 aliphatic heterocycles. The first-order valence-corrected chi connectivity index (χ1v) is 5.87. The molecule has 0 amide bonds. The summed E-state index contributed by atoms with van der Waals surface area (Å²) in [6, 6.07) is 9.79. The lowest BCUT2D eigenvalue weighted by atomic mass is 9.95. The molecule has 5 heteroatoms. The summed E-state index contributed by atoms with van der Waals surface area (Å²) < 4.78 is 0. The fourth-order valence-electron chi connectivity index (χ4n) is 2.11. The largest absolute Gasteiger partial charge is 0.478 e. The molecule has 0 aliphatic carbocycles. The highest BCUT2D eigenvalue weighted by Crippen LogP contribution is 2.28.